The zero-order valence-electron chi connectivity index (χ0n) is 16.4. The number of ether oxygens (including phenoxy) is 1. The average molecular weight is 370 g/mol. The minimum atomic E-state index is 0.0952. The molecule has 1 aliphatic rings. The first-order valence-corrected chi connectivity index (χ1v) is 10.0. The van der Waals surface area contributed by atoms with E-state index in [1.54, 1.807) is 4.68 Å². The van der Waals surface area contributed by atoms with Gasteiger partial charge in [0.2, 0.25) is 0 Å². The molecule has 3 rings (SSSR count). The molecule has 2 aromatic heterocycles. The van der Waals surface area contributed by atoms with Crippen LogP contribution in [-0.2, 0) is 17.7 Å². The fraction of sp³-hybridized carbons (Fsp3) is 0.571. The third-order valence-electron chi connectivity index (χ3n) is 5.12. The van der Waals surface area contributed by atoms with Crippen molar-refractivity contribution in [3.05, 3.63) is 47.5 Å². The molecular weight excluding hydrogens is 340 g/mol. The molecule has 1 amide bonds. The number of nitrogens with zero attached hydrogens (tertiary/aromatic N) is 4. The highest BCUT2D eigenvalue weighted by atomic mass is 16.5. The van der Waals surface area contributed by atoms with Gasteiger partial charge in [-0.3, -0.25) is 14.5 Å². The number of amides is 1. The third kappa shape index (κ3) is 5.16. The molecule has 3 heterocycles. The number of pyridine rings is 1. The molecular formula is C21H30N4O2. The Labute approximate surface area is 161 Å². The van der Waals surface area contributed by atoms with Crippen molar-refractivity contribution in [1.82, 2.24) is 19.7 Å². The summed E-state index contributed by atoms with van der Waals surface area (Å²) in [4.78, 5) is 19.8. The van der Waals surface area contributed by atoms with Crippen LogP contribution in [0.1, 0.15) is 54.5 Å². The Morgan fingerprint density at radius 2 is 2.22 bits per heavy atom. The van der Waals surface area contributed by atoms with Crippen LogP contribution >= 0.6 is 0 Å². The molecule has 0 spiro atoms. The summed E-state index contributed by atoms with van der Waals surface area (Å²) in [7, 11) is 0. The summed E-state index contributed by atoms with van der Waals surface area (Å²) in [6, 6.07) is 8.18. The van der Waals surface area contributed by atoms with Crippen molar-refractivity contribution in [3.63, 3.8) is 0 Å². The van der Waals surface area contributed by atoms with E-state index in [2.05, 4.69) is 21.0 Å². The number of hydrogen-bond donors (Lipinski definition) is 0. The van der Waals surface area contributed by atoms with E-state index in [4.69, 9.17) is 4.74 Å². The molecule has 0 radical (unpaired) electrons. The van der Waals surface area contributed by atoms with E-state index in [0.717, 1.165) is 43.6 Å². The quantitative estimate of drug-likeness (QED) is 0.669. The van der Waals surface area contributed by atoms with Gasteiger partial charge in [0.15, 0.2) is 0 Å². The third-order valence-corrected chi connectivity index (χ3v) is 5.12. The van der Waals surface area contributed by atoms with Gasteiger partial charge in [-0.05, 0) is 64.2 Å². The van der Waals surface area contributed by atoms with Crippen LogP contribution < -0.4 is 0 Å². The van der Waals surface area contributed by atoms with Crippen LogP contribution in [0, 0.1) is 6.92 Å². The van der Waals surface area contributed by atoms with Crippen molar-refractivity contribution in [2.24, 2.45) is 0 Å². The molecule has 0 N–H and O–H groups in total. The molecule has 0 bridgehead atoms. The first-order chi connectivity index (χ1) is 13.2. The maximum absolute atomic E-state index is 13.3. The number of rotatable bonds is 8. The molecule has 27 heavy (non-hydrogen) atoms. The molecule has 1 unspecified atom stereocenters. The predicted octanol–water partition coefficient (Wildman–Crippen LogP) is 3.25. The standard InChI is InChI=1S/C21H30N4O2/c1-3-27-15-14-25-20(16-17(2)23-25)21(26)24-13-7-5-9-19(24)11-10-18-8-4-6-12-22-18/h4,6,8,12,16,19H,3,5,7,9-11,13-15H2,1-2H3. The van der Waals surface area contributed by atoms with Crippen LogP contribution in [0.3, 0.4) is 0 Å². The van der Waals surface area contributed by atoms with Crippen molar-refractivity contribution < 1.29 is 9.53 Å². The molecule has 0 saturated carbocycles. The first-order valence-electron chi connectivity index (χ1n) is 10.0. The lowest BCUT2D eigenvalue weighted by molar-refractivity contribution is 0.0584. The number of carbonyl (C=O) groups is 1. The van der Waals surface area contributed by atoms with Crippen LogP contribution in [0.2, 0.25) is 0 Å². The number of piperidine rings is 1. The zero-order chi connectivity index (χ0) is 19.1. The topological polar surface area (TPSA) is 60.3 Å². The summed E-state index contributed by atoms with van der Waals surface area (Å²) in [5, 5.41) is 4.50. The Morgan fingerprint density at radius 1 is 1.33 bits per heavy atom. The summed E-state index contributed by atoms with van der Waals surface area (Å²) in [6.45, 7) is 6.58. The average Bonchev–Trinajstić information content (AvgIpc) is 3.07. The van der Waals surface area contributed by atoms with Gasteiger partial charge < -0.3 is 9.64 Å². The van der Waals surface area contributed by atoms with E-state index in [9.17, 15) is 4.79 Å². The van der Waals surface area contributed by atoms with Crippen molar-refractivity contribution in [3.8, 4) is 0 Å². The maximum atomic E-state index is 13.3. The first kappa shape index (κ1) is 19.5. The second-order valence-corrected chi connectivity index (χ2v) is 7.10. The molecule has 1 saturated heterocycles. The van der Waals surface area contributed by atoms with Crippen LogP contribution in [0.4, 0.5) is 0 Å². The smallest absolute Gasteiger partial charge is 0.272 e. The van der Waals surface area contributed by atoms with E-state index < -0.39 is 0 Å². The monoisotopic (exact) mass is 370 g/mol. The van der Waals surface area contributed by atoms with Crippen molar-refractivity contribution in [1.29, 1.82) is 0 Å². The number of aromatic nitrogens is 3. The SMILES string of the molecule is CCOCCn1nc(C)cc1C(=O)N1CCCCC1CCc1ccccn1. The van der Waals surface area contributed by atoms with Gasteiger partial charge in [0, 0.05) is 31.1 Å². The fourth-order valence-corrected chi connectivity index (χ4v) is 3.76. The second-order valence-electron chi connectivity index (χ2n) is 7.10. The molecule has 2 aromatic rings. The van der Waals surface area contributed by atoms with Gasteiger partial charge in [0.05, 0.1) is 18.8 Å². The van der Waals surface area contributed by atoms with Crippen molar-refractivity contribution in [2.45, 2.75) is 58.5 Å². The molecule has 0 aliphatic carbocycles. The lowest BCUT2D eigenvalue weighted by Gasteiger charge is -2.36. The summed E-state index contributed by atoms with van der Waals surface area (Å²) in [5.41, 5.74) is 2.64. The fourth-order valence-electron chi connectivity index (χ4n) is 3.76. The Balaban J connectivity index is 1.69. The Hall–Kier alpha value is -2.21. The summed E-state index contributed by atoms with van der Waals surface area (Å²) >= 11 is 0. The van der Waals surface area contributed by atoms with Crippen LogP contribution in [0.15, 0.2) is 30.5 Å². The van der Waals surface area contributed by atoms with Gasteiger partial charge in [0.25, 0.3) is 5.91 Å². The van der Waals surface area contributed by atoms with E-state index in [-0.39, 0.29) is 11.9 Å². The Morgan fingerprint density at radius 3 is 3.00 bits per heavy atom. The second kappa shape index (κ2) is 9.65. The van der Waals surface area contributed by atoms with Gasteiger partial charge in [-0.1, -0.05) is 6.07 Å². The molecule has 6 nitrogen and oxygen atoms in total. The number of hydrogen-bond acceptors (Lipinski definition) is 4. The van der Waals surface area contributed by atoms with E-state index in [0.29, 0.717) is 25.5 Å². The van der Waals surface area contributed by atoms with Gasteiger partial charge in [-0.15, -0.1) is 0 Å². The number of likely N-dealkylation sites (tertiary alicyclic amines) is 1. The summed E-state index contributed by atoms with van der Waals surface area (Å²) < 4.78 is 7.25. The van der Waals surface area contributed by atoms with Gasteiger partial charge in [0.1, 0.15) is 5.69 Å². The Kier molecular flexibility index (Phi) is 6.98. The van der Waals surface area contributed by atoms with Crippen molar-refractivity contribution >= 4 is 5.91 Å². The normalized spacial score (nSPS) is 17.3. The van der Waals surface area contributed by atoms with E-state index in [1.807, 2.05) is 38.2 Å². The molecule has 6 heteroatoms. The van der Waals surface area contributed by atoms with Gasteiger partial charge in [-0.25, -0.2) is 0 Å². The number of carbonyl (C=O) groups excluding carboxylic acids is 1. The van der Waals surface area contributed by atoms with Crippen LogP contribution in [0.25, 0.3) is 0 Å². The predicted molar refractivity (Wildman–Crippen MR) is 105 cm³/mol. The lowest BCUT2D eigenvalue weighted by Crippen LogP contribution is -2.44. The molecule has 0 aromatic carbocycles. The highest BCUT2D eigenvalue weighted by Gasteiger charge is 2.29. The lowest BCUT2D eigenvalue weighted by atomic mass is 9.96. The minimum absolute atomic E-state index is 0.0952. The van der Waals surface area contributed by atoms with E-state index >= 15 is 0 Å². The Bertz CT molecular complexity index is 729. The largest absolute Gasteiger partial charge is 0.380 e. The van der Waals surface area contributed by atoms with Crippen LogP contribution in [-0.4, -0.2) is 51.4 Å². The van der Waals surface area contributed by atoms with Gasteiger partial charge in [-0.2, -0.15) is 5.10 Å². The molecule has 1 fully saturated rings. The highest BCUT2D eigenvalue weighted by Crippen LogP contribution is 2.23. The highest BCUT2D eigenvalue weighted by molar-refractivity contribution is 5.93. The zero-order valence-corrected chi connectivity index (χ0v) is 16.4. The molecule has 1 atom stereocenters. The summed E-state index contributed by atoms with van der Waals surface area (Å²) in [6.07, 6.45) is 6.99. The number of aryl methyl sites for hydroxylation is 2. The minimum Gasteiger partial charge on any atom is -0.380 e. The van der Waals surface area contributed by atoms with E-state index in [1.165, 1.54) is 6.42 Å². The molecule has 146 valence electrons. The van der Waals surface area contributed by atoms with Crippen molar-refractivity contribution in [2.75, 3.05) is 19.8 Å². The van der Waals surface area contributed by atoms with Crippen LogP contribution in [0.5, 0.6) is 0 Å². The maximum Gasteiger partial charge on any atom is 0.272 e. The van der Waals surface area contributed by atoms with Gasteiger partial charge >= 0.3 is 0 Å². The molecule has 1 aliphatic heterocycles. The summed E-state index contributed by atoms with van der Waals surface area (Å²) in [5.74, 6) is 0.0952.